The maximum Gasteiger partial charge on any atom is 0.488 e. The van der Waals surface area contributed by atoms with Crippen molar-refractivity contribution in [3.63, 3.8) is 0 Å². The first-order chi connectivity index (χ1) is 26.2. The Bertz CT molecular complexity index is 1380. The van der Waals surface area contributed by atoms with Crippen LogP contribution in [0.2, 0.25) is 0 Å². The summed E-state index contributed by atoms with van der Waals surface area (Å²) in [7, 11) is -12.5. The summed E-state index contributed by atoms with van der Waals surface area (Å²) in [6, 6.07) is -0.831. The summed E-state index contributed by atoms with van der Waals surface area (Å²) in [4.78, 5) is 52.1. The molecule has 55 heavy (non-hydrogen) atoms. The summed E-state index contributed by atoms with van der Waals surface area (Å²) in [6.07, 6.45) is 15.6. The third-order valence-corrected chi connectivity index (χ3v) is 13.4. The first-order valence-corrected chi connectivity index (χ1v) is 23.9. The molecule has 1 aromatic heterocycles. The Morgan fingerprint density at radius 2 is 1.27 bits per heavy atom. The lowest BCUT2D eigenvalue weighted by atomic mass is 10.1. The maximum atomic E-state index is 12.0. The van der Waals surface area contributed by atoms with Gasteiger partial charge in [-0.2, -0.15) is 4.31 Å². The molecule has 3 heterocycles. The van der Waals surface area contributed by atoms with Gasteiger partial charge in [-0.05, 0) is 90.2 Å². The summed E-state index contributed by atoms with van der Waals surface area (Å²) in [5, 5.41) is 3.55. The highest BCUT2D eigenvalue weighted by Crippen LogP contribution is 2.76. The minimum Gasteiger partial charge on any atom is -0.352 e. The normalized spacial score (nSPS) is 24.9. The average Bonchev–Trinajstić information content (AvgIpc) is 3.53. The molecular formula is C34H68N7O11P3. The van der Waals surface area contributed by atoms with Crippen molar-refractivity contribution in [2.45, 2.75) is 150 Å². The van der Waals surface area contributed by atoms with Crippen LogP contribution in [0.4, 0.5) is 0 Å². The van der Waals surface area contributed by atoms with Crippen LogP contribution in [0, 0.1) is 6.92 Å². The molecule has 2 saturated heterocycles. The van der Waals surface area contributed by atoms with Crippen LogP contribution in [0.5, 0.6) is 0 Å². The smallest absolute Gasteiger partial charge is 0.352 e. The fourth-order valence-electron chi connectivity index (χ4n) is 5.51. The predicted octanol–water partition coefficient (Wildman–Crippen LogP) is 8.70. The second kappa shape index (κ2) is 28.8. The van der Waals surface area contributed by atoms with Crippen molar-refractivity contribution in [2.24, 2.45) is 5.11 Å². The fourth-order valence-corrected chi connectivity index (χ4v) is 9.71. The van der Waals surface area contributed by atoms with Gasteiger partial charge in [-0.25, -0.2) is 22.5 Å². The molecule has 0 bridgehead atoms. The fraction of sp³-hybridized carbons (Fsp3) is 0.882. The van der Waals surface area contributed by atoms with Crippen LogP contribution in [0.1, 0.15) is 137 Å². The van der Waals surface area contributed by atoms with E-state index in [1.165, 1.54) is 129 Å². The van der Waals surface area contributed by atoms with Crippen molar-refractivity contribution in [1.29, 1.82) is 0 Å². The van der Waals surface area contributed by atoms with Crippen LogP contribution in [-0.4, -0.2) is 87.2 Å². The lowest BCUT2D eigenvalue weighted by Gasteiger charge is -2.27. The number of nitrogens with one attached hydrogen (secondary N) is 1. The van der Waals surface area contributed by atoms with E-state index in [1.54, 1.807) is 0 Å². The SMILES string of the molecule is CCCCN(CCCC)CCCC.CCCCN(CCCC)CCCC.Cc1cn([C@H]2C[C@H](N=[N+]=[N-])[C@@H](COP3OP(=O)(O)OP(=O)(O)O3)O2)c(=O)[nH]c1=O. The van der Waals surface area contributed by atoms with Gasteiger partial charge in [0.05, 0.1) is 18.8 Å². The van der Waals surface area contributed by atoms with Crippen LogP contribution < -0.4 is 11.2 Å². The Morgan fingerprint density at radius 1 is 0.855 bits per heavy atom. The summed E-state index contributed by atoms with van der Waals surface area (Å²) < 4.78 is 47.5. The number of aromatic amines is 1. The number of hydrogen-bond acceptors (Lipinski definition) is 12. The molecule has 18 nitrogen and oxygen atoms in total. The largest absolute Gasteiger partial charge is 0.488 e. The standard InChI is InChI=1S/2C12H27N.C10H14N5O11P3/c2*1-4-7-10-13(11-8-5-2)12-9-6-3;1-5-3-15(10(17)12-9(5)16)8-2-6(13-14-11)7(23-8)4-22-27-24-28(18,19)26-29(20,21)25-27/h2*4-12H2,1-3H3;3,6-8H,2,4H2,1H3,(H,18,19)(H,20,21)(H,12,16,17)/t;;6-,7+,8+/m..0/s1. The van der Waals surface area contributed by atoms with Gasteiger partial charge < -0.3 is 28.8 Å². The summed E-state index contributed by atoms with van der Waals surface area (Å²) in [5.41, 5.74) is 7.68. The highest BCUT2D eigenvalue weighted by Gasteiger charge is 2.48. The number of nitrogens with zero attached hydrogens (tertiary/aromatic N) is 6. The van der Waals surface area contributed by atoms with Gasteiger partial charge in [0.15, 0.2) is 0 Å². The van der Waals surface area contributed by atoms with E-state index in [0.29, 0.717) is 0 Å². The molecule has 0 aromatic carbocycles. The number of ether oxygens (including phenoxy) is 1. The second-order valence-electron chi connectivity index (χ2n) is 13.6. The van der Waals surface area contributed by atoms with E-state index in [2.05, 4.69) is 79.3 Å². The topological polar surface area (TPSA) is 231 Å². The maximum absolute atomic E-state index is 12.0. The van der Waals surface area contributed by atoms with Gasteiger partial charge in [0.25, 0.3) is 5.56 Å². The molecule has 3 rings (SSSR count). The van der Waals surface area contributed by atoms with Crippen LogP contribution in [-0.2, 0) is 31.3 Å². The molecular weight excluding hydrogens is 775 g/mol. The number of H-pyrrole nitrogens is 1. The first kappa shape index (κ1) is 51.5. The number of phosphoric acid groups is 2. The summed E-state index contributed by atoms with van der Waals surface area (Å²) in [6.45, 7) is 22.6. The van der Waals surface area contributed by atoms with Crippen molar-refractivity contribution in [1.82, 2.24) is 19.4 Å². The molecule has 3 N–H and O–H groups in total. The Hall–Kier alpha value is -1.48. The Balaban J connectivity index is 0.000000485. The molecule has 2 aliphatic heterocycles. The predicted molar refractivity (Wildman–Crippen MR) is 216 cm³/mol. The molecule has 0 saturated carbocycles. The molecule has 5 atom stereocenters. The molecule has 0 radical (unpaired) electrons. The number of aromatic nitrogens is 2. The van der Waals surface area contributed by atoms with Crippen LogP contribution >= 0.6 is 24.2 Å². The average molecular weight is 844 g/mol. The second-order valence-corrected chi connectivity index (χ2v) is 18.2. The van der Waals surface area contributed by atoms with Crippen LogP contribution in [0.15, 0.2) is 20.9 Å². The minimum absolute atomic E-state index is 0.0449. The quantitative estimate of drug-likeness (QED) is 0.0405. The van der Waals surface area contributed by atoms with Crippen molar-refractivity contribution < 1.29 is 41.1 Å². The van der Waals surface area contributed by atoms with E-state index in [-0.39, 0.29) is 12.0 Å². The van der Waals surface area contributed by atoms with E-state index in [9.17, 15) is 28.5 Å². The number of azide groups is 1. The zero-order valence-corrected chi connectivity index (χ0v) is 36.7. The molecule has 1 aromatic rings. The van der Waals surface area contributed by atoms with Crippen molar-refractivity contribution in [3.05, 3.63) is 43.0 Å². The summed E-state index contributed by atoms with van der Waals surface area (Å²) in [5.74, 6) is 0. The van der Waals surface area contributed by atoms with E-state index in [1.807, 2.05) is 0 Å². The van der Waals surface area contributed by atoms with Crippen LogP contribution in [0.3, 0.4) is 0 Å². The molecule has 320 valence electrons. The third-order valence-electron chi connectivity index (χ3n) is 8.72. The van der Waals surface area contributed by atoms with Gasteiger partial charge in [0.1, 0.15) is 6.23 Å². The van der Waals surface area contributed by atoms with Gasteiger partial charge in [0, 0.05) is 23.1 Å². The van der Waals surface area contributed by atoms with Crippen molar-refractivity contribution in [2.75, 3.05) is 45.9 Å². The summed E-state index contributed by atoms with van der Waals surface area (Å²) >= 11 is 0. The molecule has 0 spiro atoms. The van der Waals surface area contributed by atoms with Gasteiger partial charge in [-0.15, -0.1) is 0 Å². The Kier molecular flexibility index (Phi) is 27.0. The molecule has 0 amide bonds. The lowest BCUT2D eigenvalue weighted by molar-refractivity contribution is -0.0245. The highest BCUT2D eigenvalue weighted by atomic mass is 31.3. The number of hydrogen-bond donors (Lipinski definition) is 3. The zero-order valence-electron chi connectivity index (χ0n) is 34.0. The van der Waals surface area contributed by atoms with E-state index < -0.39 is 60.5 Å². The van der Waals surface area contributed by atoms with Crippen molar-refractivity contribution in [3.8, 4) is 0 Å². The van der Waals surface area contributed by atoms with Gasteiger partial charge >= 0.3 is 29.9 Å². The Morgan fingerprint density at radius 3 is 1.65 bits per heavy atom. The van der Waals surface area contributed by atoms with Crippen molar-refractivity contribution >= 4 is 24.2 Å². The molecule has 0 aliphatic carbocycles. The third kappa shape index (κ3) is 21.7. The van der Waals surface area contributed by atoms with Crippen LogP contribution in [0.25, 0.3) is 10.4 Å². The monoisotopic (exact) mass is 843 g/mol. The van der Waals surface area contributed by atoms with E-state index >= 15 is 0 Å². The zero-order chi connectivity index (χ0) is 41.3. The first-order valence-electron chi connectivity index (χ1n) is 19.8. The number of aryl methyl sites for hydroxylation is 1. The lowest BCUT2D eigenvalue weighted by Crippen LogP contribution is -2.33. The molecule has 2 aliphatic rings. The molecule has 2 unspecified atom stereocenters. The number of rotatable bonds is 23. The van der Waals surface area contributed by atoms with E-state index in [0.717, 1.165) is 4.57 Å². The highest BCUT2D eigenvalue weighted by molar-refractivity contribution is 7.72. The van der Waals surface area contributed by atoms with Gasteiger partial charge in [0.2, 0.25) is 0 Å². The Labute approximate surface area is 328 Å². The van der Waals surface area contributed by atoms with Gasteiger partial charge in [-0.3, -0.25) is 14.3 Å². The number of unbranched alkanes of at least 4 members (excludes halogenated alkanes) is 6. The van der Waals surface area contributed by atoms with Gasteiger partial charge in [-0.1, -0.05) is 85.2 Å². The molecule has 21 heteroatoms. The minimum atomic E-state index is -4.87. The van der Waals surface area contributed by atoms with E-state index in [4.69, 9.17) is 14.8 Å². The molecule has 2 fully saturated rings.